The van der Waals surface area contributed by atoms with Crippen LogP contribution in [0.4, 0.5) is 0 Å². The topological polar surface area (TPSA) is 68.6 Å². The minimum absolute atomic E-state index is 0.128. The third kappa shape index (κ3) is 5.25. The Hall–Kier alpha value is -3.32. The minimum Gasteiger partial charge on any atom is -0.497 e. The molecule has 7 nitrogen and oxygen atoms in total. The van der Waals surface area contributed by atoms with E-state index in [0.29, 0.717) is 41.3 Å². The van der Waals surface area contributed by atoms with Crippen LogP contribution in [0.5, 0.6) is 11.5 Å². The monoisotopic (exact) mass is 462 g/mol. The van der Waals surface area contributed by atoms with Crippen LogP contribution < -0.4 is 14.8 Å². The molecular formula is C27H34N4O3. The highest BCUT2D eigenvalue weighted by Crippen LogP contribution is 2.35. The van der Waals surface area contributed by atoms with Gasteiger partial charge in [0.15, 0.2) is 0 Å². The van der Waals surface area contributed by atoms with E-state index in [4.69, 9.17) is 14.6 Å². The van der Waals surface area contributed by atoms with Crippen molar-refractivity contribution in [3.05, 3.63) is 60.3 Å². The maximum Gasteiger partial charge on any atom is 0.255 e. The fraction of sp³-hybridized carbons (Fsp3) is 0.407. The number of hydrogen-bond acceptors (Lipinski definition) is 5. The van der Waals surface area contributed by atoms with Crippen molar-refractivity contribution in [3.63, 3.8) is 0 Å². The first kappa shape index (κ1) is 23.8. The summed E-state index contributed by atoms with van der Waals surface area (Å²) in [6.45, 7) is 7.26. The van der Waals surface area contributed by atoms with Gasteiger partial charge in [-0.25, -0.2) is 4.68 Å². The van der Waals surface area contributed by atoms with Gasteiger partial charge in [0.1, 0.15) is 17.2 Å². The largest absolute Gasteiger partial charge is 0.497 e. The number of rotatable bonds is 8. The number of para-hydroxylation sites is 1. The normalized spacial score (nSPS) is 16.4. The third-order valence-corrected chi connectivity index (χ3v) is 6.48. The average molecular weight is 463 g/mol. The number of methoxy groups -OCH3 is 2. The number of carbonyl (C=O) groups excluding carboxylic acids is 1. The second-order valence-corrected chi connectivity index (χ2v) is 9.04. The molecule has 0 spiro atoms. The summed E-state index contributed by atoms with van der Waals surface area (Å²) in [6.07, 6.45) is 4.09. The highest BCUT2D eigenvalue weighted by Gasteiger charge is 2.25. The van der Waals surface area contributed by atoms with Gasteiger partial charge in [-0.15, -0.1) is 0 Å². The van der Waals surface area contributed by atoms with Gasteiger partial charge in [0, 0.05) is 37.0 Å². The number of benzene rings is 2. The van der Waals surface area contributed by atoms with E-state index in [1.54, 1.807) is 31.2 Å². The van der Waals surface area contributed by atoms with Crippen molar-refractivity contribution >= 4 is 5.91 Å². The maximum absolute atomic E-state index is 13.4. The van der Waals surface area contributed by atoms with Gasteiger partial charge < -0.3 is 19.7 Å². The maximum atomic E-state index is 13.4. The number of hydrogen-bond donors (Lipinski definition) is 1. The van der Waals surface area contributed by atoms with E-state index in [-0.39, 0.29) is 5.91 Å². The molecule has 1 unspecified atom stereocenters. The molecule has 4 rings (SSSR count). The van der Waals surface area contributed by atoms with E-state index in [1.807, 2.05) is 42.5 Å². The molecule has 2 aromatic carbocycles. The first-order valence-electron chi connectivity index (χ1n) is 11.9. The first-order chi connectivity index (χ1) is 16.5. The summed E-state index contributed by atoms with van der Waals surface area (Å²) in [6, 6.07) is 15.9. The number of likely N-dealkylation sites (tertiary alicyclic amines) is 1. The lowest BCUT2D eigenvalue weighted by Gasteiger charge is -2.35. The van der Waals surface area contributed by atoms with Crippen LogP contribution in [0.25, 0.3) is 16.9 Å². The quantitative estimate of drug-likeness (QED) is 0.537. The van der Waals surface area contributed by atoms with Crippen molar-refractivity contribution in [1.82, 2.24) is 20.0 Å². The molecule has 1 fully saturated rings. The standard InChI is InChI=1S/C27H34N4O3/c1-19(2)30-14-8-9-20(17-30)16-28-27(32)24-18-31(21-10-6-5-7-11-21)29-26(24)23-13-12-22(33-3)15-25(23)34-4/h5-7,10-13,15,18-20H,8-9,14,16-17H2,1-4H3,(H,28,32). The Morgan fingerprint density at radius 1 is 1.15 bits per heavy atom. The van der Waals surface area contributed by atoms with Crippen LogP contribution in [-0.4, -0.2) is 60.5 Å². The predicted octanol–water partition coefficient (Wildman–Crippen LogP) is 4.41. The molecule has 1 aliphatic heterocycles. The summed E-state index contributed by atoms with van der Waals surface area (Å²) in [5.41, 5.74) is 2.72. The second-order valence-electron chi connectivity index (χ2n) is 9.04. The van der Waals surface area contributed by atoms with E-state index in [0.717, 1.165) is 30.8 Å². The SMILES string of the molecule is COc1ccc(-c2nn(-c3ccccc3)cc2C(=O)NCC2CCCN(C(C)C)C2)c(OC)c1. The van der Waals surface area contributed by atoms with Crippen LogP contribution in [0, 0.1) is 5.92 Å². The fourth-order valence-corrected chi connectivity index (χ4v) is 4.51. The highest BCUT2D eigenvalue weighted by molar-refractivity contribution is 6.00. The lowest BCUT2D eigenvalue weighted by Crippen LogP contribution is -2.43. The Bertz CT molecular complexity index is 1110. The van der Waals surface area contributed by atoms with Crippen molar-refractivity contribution in [2.75, 3.05) is 33.9 Å². The number of ether oxygens (including phenoxy) is 2. The Kier molecular flexibility index (Phi) is 7.53. The molecule has 34 heavy (non-hydrogen) atoms. The van der Waals surface area contributed by atoms with E-state index in [2.05, 4.69) is 24.1 Å². The number of nitrogens with zero attached hydrogens (tertiary/aromatic N) is 3. The zero-order chi connectivity index (χ0) is 24.1. The van der Waals surface area contributed by atoms with E-state index in [1.165, 1.54) is 6.42 Å². The van der Waals surface area contributed by atoms with Crippen LogP contribution >= 0.6 is 0 Å². The van der Waals surface area contributed by atoms with Crippen LogP contribution in [0.1, 0.15) is 37.0 Å². The minimum atomic E-state index is -0.128. The molecule has 0 saturated carbocycles. The van der Waals surface area contributed by atoms with Gasteiger partial charge in [0.25, 0.3) is 5.91 Å². The van der Waals surface area contributed by atoms with Crippen molar-refractivity contribution in [3.8, 4) is 28.4 Å². The summed E-state index contributed by atoms with van der Waals surface area (Å²) >= 11 is 0. The number of aromatic nitrogens is 2. The van der Waals surface area contributed by atoms with Gasteiger partial charge in [-0.1, -0.05) is 18.2 Å². The Labute approximate surface area is 201 Å². The zero-order valence-electron chi connectivity index (χ0n) is 20.5. The smallest absolute Gasteiger partial charge is 0.255 e. The van der Waals surface area contributed by atoms with Gasteiger partial charge >= 0.3 is 0 Å². The molecule has 1 N–H and O–H groups in total. The van der Waals surface area contributed by atoms with Crippen molar-refractivity contribution in [1.29, 1.82) is 0 Å². The molecule has 180 valence electrons. The summed E-state index contributed by atoms with van der Waals surface area (Å²) in [5, 5.41) is 7.97. The number of piperidine rings is 1. The molecule has 1 amide bonds. The predicted molar refractivity (Wildman–Crippen MR) is 134 cm³/mol. The Morgan fingerprint density at radius 2 is 1.94 bits per heavy atom. The van der Waals surface area contributed by atoms with E-state index < -0.39 is 0 Å². The third-order valence-electron chi connectivity index (χ3n) is 6.48. The van der Waals surface area contributed by atoms with Gasteiger partial charge in [0.05, 0.1) is 25.5 Å². The average Bonchev–Trinajstić information content (AvgIpc) is 3.33. The summed E-state index contributed by atoms with van der Waals surface area (Å²) < 4.78 is 12.7. The van der Waals surface area contributed by atoms with E-state index >= 15 is 0 Å². The molecule has 2 heterocycles. The molecule has 1 aliphatic rings. The van der Waals surface area contributed by atoms with Gasteiger partial charge in [-0.2, -0.15) is 5.10 Å². The molecule has 0 radical (unpaired) electrons. The number of amides is 1. The van der Waals surface area contributed by atoms with Crippen LogP contribution in [0.2, 0.25) is 0 Å². The molecule has 1 atom stereocenters. The summed E-state index contributed by atoms with van der Waals surface area (Å²) in [7, 11) is 3.22. The van der Waals surface area contributed by atoms with Gasteiger partial charge in [-0.3, -0.25) is 4.79 Å². The molecule has 1 aromatic heterocycles. The van der Waals surface area contributed by atoms with Crippen LogP contribution in [-0.2, 0) is 0 Å². The molecule has 1 saturated heterocycles. The lowest BCUT2D eigenvalue weighted by molar-refractivity contribution is 0.0923. The van der Waals surface area contributed by atoms with Crippen LogP contribution in [0.3, 0.4) is 0 Å². The summed E-state index contributed by atoms with van der Waals surface area (Å²) in [5.74, 6) is 1.60. The number of nitrogens with one attached hydrogen (secondary N) is 1. The lowest BCUT2D eigenvalue weighted by atomic mass is 9.97. The molecule has 0 aliphatic carbocycles. The Morgan fingerprint density at radius 3 is 2.65 bits per heavy atom. The number of carbonyl (C=O) groups is 1. The molecular weight excluding hydrogens is 428 g/mol. The first-order valence-corrected chi connectivity index (χ1v) is 11.9. The van der Waals surface area contributed by atoms with Crippen molar-refractivity contribution in [2.24, 2.45) is 5.92 Å². The highest BCUT2D eigenvalue weighted by atomic mass is 16.5. The molecule has 7 heteroatoms. The second kappa shape index (κ2) is 10.7. The molecule has 0 bridgehead atoms. The van der Waals surface area contributed by atoms with Crippen LogP contribution in [0.15, 0.2) is 54.7 Å². The Balaban J connectivity index is 1.63. The van der Waals surface area contributed by atoms with Crippen molar-refractivity contribution < 1.29 is 14.3 Å². The van der Waals surface area contributed by atoms with E-state index in [9.17, 15) is 4.79 Å². The molecule has 3 aromatic rings. The van der Waals surface area contributed by atoms with Gasteiger partial charge in [-0.05, 0) is 63.4 Å². The summed E-state index contributed by atoms with van der Waals surface area (Å²) in [4.78, 5) is 15.9. The van der Waals surface area contributed by atoms with Gasteiger partial charge in [0.2, 0.25) is 0 Å². The zero-order valence-corrected chi connectivity index (χ0v) is 20.5. The van der Waals surface area contributed by atoms with Crippen molar-refractivity contribution in [2.45, 2.75) is 32.7 Å². The fourth-order valence-electron chi connectivity index (χ4n) is 4.51.